The van der Waals surface area contributed by atoms with Crippen LogP contribution in [0, 0.1) is 5.92 Å². The highest BCUT2D eigenvalue weighted by Gasteiger charge is 2.22. The lowest BCUT2D eigenvalue weighted by Crippen LogP contribution is -2.09. The number of hydrogen-bond donors (Lipinski definition) is 0. The van der Waals surface area contributed by atoms with Crippen LogP contribution in [0.15, 0.2) is 12.1 Å². The zero-order valence-electron chi connectivity index (χ0n) is 12.1. The molecular formula is C16H22Cl2O2. The highest BCUT2D eigenvalue weighted by molar-refractivity contribution is 6.33. The van der Waals surface area contributed by atoms with E-state index in [0.717, 1.165) is 17.9 Å². The van der Waals surface area contributed by atoms with Crippen LogP contribution in [-0.4, -0.2) is 14.2 Å². The molecule has 1 aromatic carbocycles. The van der Waals surface area contributed by atoms with Crippen molar-refractivity contribution in [3.63, 3.8) is 0 Å². The van der Waals surface area contributed by atoms with Crippen LogP contribution in [-0.2, 0) is 0 Å². The van der Waals surface area contributed by atoms with Crippen LogP contribution in [0.3, 0.4) is 0 Å². The fourth-order valence-corrected chi connectivity index (χ4v) is 3.73. The summed E-state index contributed by atoms with van der Waals surface area (Å²) < 4.78 is 10.6. The third-order valence-corrected chi connectivity index (χ3v) is 4.85. The van der Waals surface area contributed by atoms with Gasteiger partial charge in [0, 0.05) is 11.1 Å². The Balaban J connectivity index is 2.13. The van der Waals surface area contributed by atoms with E-state index in [9.17, 15) is 0 Å². The van der Waals surface area contributed by atoms with Gasteiger partial charge in [0.1, 0.15) is 0 Å². The second-order valence-corrected chi connectivity index (χ2v) is 6.37. The standard InChI is InChI=1S/C16H22Cl2O2/c1-19-15-9-12(14(18)10-16(15)20-2)13(17)8-11-6-4-3-5-7-11/h9-11,13H,3-8H2,1-2H3. The maximum absolute atomic E-state index is 6.59. The summed E-state index contributed by atoms with van der Waals surface area (Å²) in [6.45, 7) is 0. The predicted molar refractivity (Wildman–Crippen MR) is 84.3 cm³/mol. The quantitative estimate of drug-likeness (QED) is 0.657. The monoisotopic (exact) mass is 316 g/mol. The molecule has 112 valence electrons. The van der Waals surface area contributed by atoms with Crippen molar-refractivity contribution >= 4 is 23.2 Å². The molecule has 0 aromatic heterocycles. The van der Waals surface area contributed by atoms with Crippen molar-refractivity contribution in [2.45, 2.75) is 43.9 Å². The summed E-state index contributed by atoms with van der Waals surface area (Å²) in [5.74, 6) is 2.04. The Morgan fingerprint density at radius 3 is 2.30 bits per heavy atom. The molecule has 4 heteroatoms. The van der Waals surface area contributed by atoms with Crippen molar-refractivity contribution in [3.05, 3.63) is 22.7 Å². The third kappa shape index (κ3) is 3.73. The van der Waals surface area contributed by atoms with Gasteiger partial charge in [-0.2, -0.15) is 0 Å². The summed E-state index contributed by atoms with van der Waals surface area (Å²) in [4.78, 5) is 0. The lowest BCUT2D eigenvalue weighted by atomic mass is 9.85. The molecule has 2 rings (SSSR count). The SMILES string of the molecule is COc1cc(Cl)c(C(Cl)CC2CCCCC2)cc1OC. The van der Waals surface area contributed by atoms with Gasteiger partial charge in [-0.1, -0.05) is 43.7 Å². The molecule has 0 bridgehead atoms. The number of halogens is 2. The van der Waals surface area contributed by atoms with Gasteiger partial charge in [0.15, 0.2) is 11.5 Å². The highest BCUT2D eigenvalue weighted by atomic mass is 35.5. The van der Waals surface area contributed by atoms with Gasteiger partial charge in [-0.05, 0) is 24.0 Å². The summed E-state index contributed by atoms with van der Waals surface area (Å²) in [5.41, 5.74) is 0.941. The van der Waals surface area contributed by atoms with Crippen LogP contribution < -0.4 is 9.47 Å². The van der Waals surface area contributed by atoms with Crippen LogP contribution in [0.1, 0.15) is 49.5 Å². The van der Waals surface area contributed by atoms with E-state index in [2.05, 4.69) is 0 Å². The number of alkyl halides is 1. The molecule has 2 nitrogen and oxygen atoms in total. The third-order valence-electron chi connectivity index (χ3n) is 4.11. The Bertz CT molecular complexity index is 442. The second kappa shape index (κ2) is 7.42. The van der Waals surface area contributed by atoms with E-state index in [4.69, 9.17) is 32.7 Å². The van der Waals surface area contributed by atoms with E-state index >= 15 is 0 Å². The van der Waals surface area contributed by atoms with Gasteiger partial charge < -0.3 is 9.47 Å². The van der Waals surface area contributed by atoms with Crippen molar-refractivity contribution < 1.29 is 9.47 Å². The molecule has 0 amide bonds. The minimum atomic E-state index is -0.0644. The van der Waals surface area contributed by atoms with E-state index in [-0.39, 0.29) is 5.38 Å². The molecule has 20 heavy (non-hydrogen) atoms. The van der Waals surface area contributed by atoms with Crippen molar-refractivity contribution in [2.75, 3.05) is 14.2 Å². The first-order valence-electron chi connectivity index (χ1n) is 7.21. The second-order valence-electron chi connectivity index (χ2n) is 5.44. The smallest absolute Gasteiger partial charge is 0.162 e. The molecule has 1 saturated carbocycles. The zero-order valence-corrected chi connectivity index (χ0v) is 13.6. The van der Waals surface area contributed by atoms with Gasteiger partial charge in [0.25, 0.3) is 0 Å². The maximum Gasteiger partial charge on any atom is 0.162 e. The first-order valence-corrected chi connectivity index (χ1v) is 8.02. The molecule has 1 aromatic rings. The van der Waals surface area contributed by atoms with Crippen LogP contribution in [0.2, 0.25) is 5.02 Å². The Morgan fingerprint density at radius 2 is 1.70 bits per heavy atom. The molecule has 0 spiro atoms. The minimum absolute atomic E-state index is 0.0644. The lowest BCUT2D eigenvalue weighted by molar-refractivity contribution is 0.335. The van der Waals surface area contributed by atoms with Gasteiger partial charge in [-0.15, -0.1) is 11.6 Å². The number of rotatable bonds is 5. The van der Waals surface area contributed by atoms with Crippen LogP contribution >= 0.6 is 23.2 Å². The summed E-state index contributed by atoms with van der Waals surface area (Å²) in [7, 11) is 3.23. The summed E-state index contributed by atoms with van der Waals surface area (Å²) in [6, 6.07) is 3.69. The number of methoxy groups -OCH3 is 2. The molecule has 1 unspecified atom stereocenters. The highest BCUT2D eigenvalue weighted by Crippen LogP contribution is 2.41. The fraction of sp³-hybridized carbons (Fsp3) is 0.625. The normalized spacial score (nSPS) is 17.8. The molecular weight excluding hydrogens is 295 g/mol. The summed E-state index contributed by atoms with van der Waals surface area (Å²) in [6.07, 6.45) is 7.57. The first kappa shape index (κ1) is 15.8. The Hall–Kier alpha value is -0.600. The Kier molecular flexibility index (Phi) is 5.86. The lowest BCUT2D eigenvalue weighted by Gasteiger charge is -2.24. The molecule has 0 radical (unpaired) electrons. The molecule has 0 heterocycles. The molecule has 0 saturated heterocycles. The van der Waals surface area contributed by atoms with Gasteiger partial charge in [-0.25, -0.2) is 0 Å². The van der Waals surface area contributed by atoms with E-state index in [1.165, 1.54) is 32.1 Å². The van der Waals surface area contributed by atoms with Gasteiger partial charge in [0.2, 0.25) is 0 Å². The minimum Gasteiger partial charge on any atom is -0.493 e. The number of ether oxygens (including phenoxy) is 2. The maximum atomic E-state index is 6.59. The Labute approximate surface area is 131 Å². The zero-order chi connectivity index (χ0) is 14.5. The van der Waals surface area contributed by atoms with Crippen molar-refractivity contribution in [3.8, 4) is 11.5 Å². The van der Waals surface area contributed by atoms with Gasteiger partial charge in [-0.3, -0.25) is 0 Å². The Morgan fingerprint density at radius 1 is 1.10 bits per heavy atom. The van der Waals surface area contributed by atoms with E-state index < -0.39 is 0 Å². The number of hydrogen-bond acceptors (Lipinski definition) is 2. The van der Waals surface area contributed by atoms with Crippen molar-refractivity contribution in [2.24, 2.45) is 5.92 Å². The van der Waals surface area contributed by atoms with E-state index in [1.807, 2.05) is 6.07 Å². The van der Waals surface area contributed by atoms with Crippen LogP contribution in [0.4, 0.5) is 0 Å². The fourth-order valence-electron chi connectivity index (χ4n) is 2.95. The number of benzene rings is 1. The van der Waals surface area contributed by atoms with E-state index in [0.29, 0.717) is 16.5 Å². The largest absolute Gasteiger partial charge is 0.493 e. The van der Waals surface area contributed by atoms with Crippen molar-refractivity contribution in [1.82, 2.24) is 0 Å². The predicted octanol–water partition coefficient (Wildman–Crippen LogP) is 5.61. The molecule has 1 atom stereocenters. The molecule has 1 aliphatic carbocycles. The molecule has 0 aliphatic heterocycles. The first-order chi connectivity index (χ1) is 9.65. The molecule has 0 N–H and O–H groups in total. The summed E-state index contributed by atoms with van der Waals surface area (Å²) >= 11 is 12.9. The van der Waals surface area contributed by atoms with Crippen molar-refractivity contribution in [1.29, 1.82) is 0 Å². The van der Waals surface area contributed by atoms with Crippen LogP contribution in [0.5, 0.6) is 11.5 Å². The van der Waals surface area contributed by atoms with Crippen LogP contribution in [0.25, 0.3) is 0 Å². The summed E-state index contributed by atoms with van der Waals surface area (Å²) in [5, 5.41) is 0.587. The molecule has 1 aliphatic rings. The average Bonchev–Trinajstić information content (AvgIpc) is 2.47. The van der Waals surface area contributed by atoms with Gasteiger partial charge in [0.05, 0.1) is 19.6 Å². The van der Waals surface area contributed by atoms with Gasteiger partial charge >= 0.3 is 0 Å². The molecule has 1 fully saturated rings. The van der Waals surface area contributed by atoms with E-state index in [1.54, 1.807) is 20.3 Å². The topological polar surface area (TPSA) is 18.5 Å². The average molecular weight is 317 g/mol.